The standard InChI is InChI=1S/C19H18FN3O2S/c1-25-16-11-12(20)8-9-13(16)22-19(24)23-10-4-6-15(23)18-21-14-5-2-3-7-17(14)26-18/h2-3,5,7-9,11,15H,4,6,10H2,1H3,(H,22,24). The Kier molecular flexibility index (Phi) is 4.46. The second-order valence-electron chi connectivity index (χ2n) is 6.15. The van der Waals surface area contributed by atoms with Gasteiger partial charge >= 0.3 is 6.03 Å². The van der Waals surface area contributed by atoms with Crippen LogP contribution in [0.15, 0.2) is 42.5 Å². The number of anilines is 1. The summed E-state index contributed by atoms with van der Waals surface area (Å²) in [4.78, 5) is 19.3. The summed E-state index contributed by atoms with van der Waals surface area (Å²) in [6, 6.07) is 11.8. The Morgan fingerprint density at radius 2 is 2.19 bits per heavy atom. The maximum Gasteiger partial charge on any atom is 0.322 e. The number of hydrogen-bond donors (Lipinski definition) is 1. The summed E-state index contributed by atoms with van der Waals surface area (Å²) in [5.74, 6) is -0.109. The Balaban J connectivity index is 1.57. The molecule has 0 bridgehead atoms. The minimum Gasteiger partial charge on any atom is -0.494 e. The molecule has 0 aliphatic carbocycles. The van der Waals surface area contributed by atoms with E-state index < -0.39 is 5.82 Å². The summed E-state index contributed by atoms with van der Waals surface area (Å²) in [5, 5.41) is 3.79. The molecular weight excluding hydrogens is 353 g/mol. The Morgan fingerprint density at radius 3 is 3.00 bits per heavy atom. The number of likely N-dealkylation sites (tertiary alicyclic amines) is 1. The fourth-order valence-electron chi connectivity index (χ4n) is 3.25. The van der Waals surface area contributed by atoms with Gasteiger partial charge in [-0.25, -0.2) is 14.2 Å². The van der Waals surface area contributed by atoms with Crippen molar-refractivity contribution in [2.45, 2.75) is 18.9 Å². The molecule has 1 unspecified atom stereocenters. The van der Waals surface area contributed by atoms with Gasteiger partial charge in [0.15, 0.2) is 0 Å². The van der Waals surface area contributed by atoms with Crippen molar-refractivity contribution in [2.24, 2.45) is 0 Å². The van der Waals surface area contributed by atoms with E-state index in [-0.39, 0.29) is 12.1 Å². The lowest BCUT2D eigenvalue weighted by Crippen LogP contribution is -2.34. The number of ether oxygens (including phenoxy) is 1. The molecule has 1 saturated heterocycles. The summed E-state index contributed by atoms with van der Waals surface area (Å²) >= 11 is 1.62. The number of hydrogen-bond acceptors (Lipinski definition) is 4. The predicted octanol–water partition coefficient (Wildman–Crippen LogP) is 4.81. The molecule has 1 aromatic heterocycles. The summed E-state index contributed by atoms with van der Waals surface area (Å²) in [7, 11) is 1.45. The van der Waals surface area contributed by atoms with Crippen LogP contribution in [0.3, 0.4) is 0 Å². The number of carbonyl (C=O) groups excluding carboxylic acids is 1. The second-order valence-corrected chi connectivity index (χ2v) is 7.21. The van der Waals surface area contributed by atoms with Crippen LogP contribution in [0.2, 0.25) is 0 Å². The number of para-hydroxylation sites is 1. The molecule has 26 heavy (non-hydrogen) atoms. The second kappa shape index (κ2) is 6.92. The van der Waals surface area contributed by atoms with Crippen LogP contribution in [0.25, 0.3) is 10.2 Å². The zero-order chi connectivity index (χ0) is 18.1. The number of rotatable bonds is 3. The molecule has 4 rings (SSSR count). The Bertz CT molecular complexity index is 926. The van der Waals surface area contributed by atoms with Crippen LogP contribution in [0.1, 0.15) is 23.9 Å². The molecular formula is C19H18FN3O2S. The molecule has 0 radical (unpaired) electrons. The molecule has 1 aliphatic rings. The predicted molar refractivity (Wildman–Crippen MR) is 100 cm³/mol. The van der Waals surface area contributed by atoms with Gasteiger partial charge in [0, 0.05) is 12.6 Å². The zero-order valence-electron chi connectivity index (χ0n) is 14.2. The highest BCUT2D eigenvalue weighted by atomic mass is 32.1. The molecule has 2 amide bonds. The number of methoxy groups -OCH3 is 1. The molecule has 1 aliphatic heterocycles. The van der Waals surface area contributed by atoms with E-state index in [1.807, 2.05) is 24.3 Å². The third-order valence-electron chi connectivity index (χ3n) is 4.51. The van der Waals surface area contributed by atoms with E-state index in [1.54, 1.807) is 16.2 Å². The lowest BCUT2D eigenvalue weighted by atomic mass is 10.2. The van der Waals surface area contributed by atoms with Crippen molar-refractivity contribution in [1.29, 1.82) is 0 Å². The van der Waals surface area contributed by atoms with E-state index in [0.29, 0.717) is 18.0 Å². The highest BCUT2D eigenvalue weighted by molar-refractivity contribution is 7.18. The molecule has 3 aromatic rings. The normalized spacial score (nSPS) is 16.8. The maximum absolute atomic E-state index is 13.3. The van der Waals surface area contributed by atoms with Gasteiger partial charge in [-0.05, 0) is 37.1 Å². The van der Waals surface area contributed by atoms with Crippen LogP contribution in [-0.4, -0.2) is 29.6 Å². The Hall–Kier alpha value is -2.67. The van der Waals surface area contributed by atoms with E-state index in [2.05, 4.69) is 5.32 Å². The van der Waals surface area contributed by atoms with Crippen molar-refractivity contribution >= 4 is 33.3 Å². The summed E-state index contributed by atoms with van der Waals surface area (Å²) in [6.45, 7) is 0.663. The highest BCUT2D eigenvalue weighted by Gasteiger charge is 2.32. The van der Waals surface area contributed by atoms with E-state index in [9.17, 15) is 9.18 Å². The first kappa shape index (κ1) is 16.8. The first-order valence-electron chi connectivity index (χ1n) is 8.42. The van der Waals surface area contributed by atoms with Crippen LogP contribution in [0.5, 0.6) is 5.75 Å². The minimum absolute atomic E-state index is 0.0427. The van der Waals surface area contributed by atoms with Crippen molar-refractivity contribution in [3.63, 3.8) is 0 Å². The van der Waals surface area contributed by atoms with Gasteiger partial charge in [0.25, 0.3) is 0 Å². The molecule has 7 heteroatoms. The summed E-state index contributed by atoms with van der Waals surface area (Å²) < 4.78 is 19.6. The third-order valence-corrected chi connectivity index (χ3v) is 5.65. The van der Waals surface area contributed by atoms with Crippen molar-refractivity contribution in [2.75, 3.05) is 19.0 Å². The molecule has 134 valence electrons. The van der Waals surface area contributed by atoms with Gasteiger partial charge in [0.2, 0.25) is 0 Å². The number of amides is 2. The number of nitrogens with one attached hydrogen (secondary N) is 1. The SMILES string of the molecule is COc1cc(F)ccc1NC(=O)N1CCCC1c1nc2ccccc2s1. The van der Waals surface area contributed by atoms with Gasteiger partial charge in [-0.1, -0.05) is 12.1 Å². The van der Waals surface area contributed by atoms with Crippen LogP contribution >= 0.6 is 11.3 Å². The number of halogens is 1. The Labute approximate surface area is 154 Å². The quantitative estimate of drug-likeness (QED) is 0.719. The van der Waals surface area contributed by atoms with Gasteiger partial charge in [0.05, 0.1) is 29.1 Å². The molecule has 5 nitrogen and oxygen atoms in total. The Morgan fingerprint density at radius 1 is 1.35 bits per heavy atom. The van der Waals surface area contributed by atoms with Gasteiger partial charge in [-0.15, -0.1) is 11.3 Å². The van der Waals surface area contributed by atoms with E-state index >= 15 is 0 Å². The lowest BCUT2D eigenvalue weighted by Gasteiger charge is -2.24. The minimum atomic E-state index is -0.409. The number of aromatic nitrogens is 1. The zero-order valence-corrected chi connectivity index (χ0v) is 15.1. The van der Waals surface area contributed by atoms with Gasteiger partial charge in [-0.3, -0.25) is 0 Å². The average Bonchev–Trinajstić information content (AvgIpc) is 3.29. The van der Waals surface area contributed by atoms with Crippen LogP contribution < -0.4 is 10.1 Å². The molecule has 2 aromatic carbocycles. The van der Waals surface area contributed by atoms with Gasteiger partial charge in [-0.2, -0.15) is 0 Å². The monoisotopic (exact) mass is 371 g/mol. The van der Waals surface area contributed by atoms with Crippen molar-refractivity contribution in [3.05, 3.63) is 53.3 Å². The number of carbonyl (C=O) groups is 1. The molecule has 1 fully saturated rings. The third kappa shape index (κ3) is 3.10. The smallest absolute Gasteiger partial charge is 0.322 e. The van der Waals surface area contributed by atoms with Crippen molar-refractivity contribution in [1.82, 2.24) is 9.88 Å². The van der Waals surface area contributed by atoms with Crippen LogP contribution in [0, 0.1) is 5.82 Å². The van der Waals surface area contributed by atoms with Crippen LogP contribution in [-0.2, 0) is 0 Å². The van der Waals surface area contributed by atoms with Crippen LogP contribution in [0.4, 0.5) is 14.9 Å². The average molecular weight is 371 g/mol. The highest BCUT2D eigenvalue weighted by Crippen LogP contribution is 2.37. The van der Waals surface area contributed by atoms with E-state index in [1.165, 1.54) is 25.3 Å². The van der Waals surface area contributed by atoms with Gasteiger partial charge in [0.1, 0.15) is 16.6 Å². The molecule has 0 spiro atoms. The van der Waals surface area contributed by atoms with E-state index in [0.717, 1.165) is 28.1 Å². The topological polar surface area (TPSA) is 54.5 Å². The number of nitrogens with zero attached hydrogens (tertiary/aromatic N) is 2. The first-order chi connectivity index (χ1) is 12.7. The first-order valence-corrected chi connectivity index (χ1v) is 9.24. The fraction of sp³-hybridized carbons (Fsp3) is 0.263. The maximum atomic E-state index is 13.3. The fourth-order valence-corrected chi connectivity index (χ4v) is 4.37. The molecule has 0 saturated carbocycles. The summed E-state index contributed by atoms with van der Waals surface area (Å²) in [6.07, 6.45) is 1.81. The number of benzene rings is 2. The molecule has 1 atom stereocenters. The molecule has 2 heterocycles. The molecule has 1 N–H and O–H groups in total. The lowest BCUT2D eigenvalue weighted by molar-refractivity contribution is 0.207. The number of thiazole rings is 1. The van der Waals surface area contributed by atoms with Crippen molar-refractivity contribution < 1.29 is 13.9 Å². The summed E-state index contributed by atoms with van der Waals surface area (Å²) in [5.41, 5.74) is 1.41. The largest absolute Gasteiger partial charge is 0.494 e. The number of urea groups is 1. The van der Waals surface area contributed by atoms with Gasteiger partial charge < -0.3 is 15.0 Å². The number of fused-ring (bicyclic) bond motifs is 1. The van der Waals surface area contributed by atoms with E-state index in [4.69, 9.17) is 9.72 Å². The van der Waals surface area contributed by atoms with Crippen molar-refractivity contribution in [3.8, 4) is 5.75 Å².